The predicted octanol–water partition coefficient (Wildman–Crippen LogP) is 2.30. The third-order valence-corrected chi connectivity index (χ3v) is 2.92. The number of nitrogens with two attached hydrogens (primary N) is 2. The monoisotopic (exact) mass is 331 g/mol. The molecule has 23 heavy (non-hydrogen) atoms. The molecule has 1 aromatic heterocycles. The van der Waals surface area contributed by atoms with Crippen LogP contribution < -0.4 is 11.5 Å². The molecular weight excluding hydrogens is 322 g/mol. The van der Waals surface area contributed by atoms with Gasteiger partial charge in [0, 0.05) is 6.42 Å². The van der Waals surface area contributed by atoms with E-state index in [0.717, 1.165) is 6.07 Å². The molecule has 0 aliphatic carbocycles. The van der Waals surface area contributed by atoms with E-state index in [9.17, 15) is 27.7 Å². The highest BCUT2D eigenvalue weighted by Gasteiger charge is 2.31. The summed E-state index contributed by atoms with van der Waals surface area (Å²) in [4.78, 5) is 17.2. The van der Waals surface area contributed by atoms with Crippen molar-refractivity contribution in [1.29, 1.82) is 0 Å². The van der Waals surface area contributed by atoms with E-state index in [1.807, 2.05) is 0 Å². The molecule has 0 bridgehead atoms. The minimum atomic E-state index is -4.70. The second-order valence-electron chi connectivity index (χ2n) is 4.50. The fraction of sp³-hybridized carbons (Fsp3) is 0.167. The highest BCUT2D eigenvalue weighted by atomic mass is 19.4. The van der Waals surface area contributed by atoms with Gasteiger partial charge in [-0.1, -0.05) is 6.07 Å². The molecule has 1 heterocycles. The lowest BCUT2D eigenvalue weighted by molar-refractivity contribution is -0.385. The Bertz CT molecular complexity index is 779. The number of rotatable bonds is 3. The molecule has 0 aliphatic rings. The van der Waals surface area contributed by atoms with Crippen LogP contribution in [0.15, 0.2) is 18.2 Å². The van der Waals surface area contributed by atoms with Gasteiger partial charge in [-0.15, -0.1) is 0 Å². The lowest BCUT2D eigenvalue weighted by Gasteiger charge is -2.09. The number of anilines is 2. The SMILES string of the molecule is Nc1nc(N)c([N+](=O)[O-])c(Cc2ccc(C(F)(F)F)cc2F)n1. The second-order valence-corrected chi connectivity index (χ2v) is 4.50. The standard InChI is InChI=1S/C12H9F4N5O2/c13-7-4-6(12(14,15)16)2-1-5(7)3-8-9(21(22)23)10(17)20-11(18)19-8/h1-2,4H,3H2,(H4,17,18,19,20). The zero-order valence-corrected chi connectivity index (χ0v) is 11.3. The molecule has 0 saturated heterocycles. The number of hydrogen-bond donors (Lipinski definition) is 2. The van der Waals surface area contributed by atoms with E-state index >= 15 is 0 Å². The number of alkyl halides is 3. The molecule has 7 nitrogen and oxygen atoms in total. The van der Waals surface area contributed by atoms with E-state index in [1.54, 1.807) is 0 Å². The number of nitrogens with zero attached hydrogens (tertiary/aromatic N) is 3. The normalized spacial score (nSPS) is 11.5. The first kappa shape index (κ1) is 16.4. The average molecular weight is 331 g/mol. The Balaban J connectivity index is 2.46. The Hall–Kier alpha value is -2.98. The quantitative estimate of drug-likeness (QED) is 0.506. The first-order chi connectivity index (χ1) is 10.6. The topological polar surface area (TPSA) is 121 Å². The number of aromatic nitrogens is 2. The van der Waals surface area contributed by atoms with Gasteiger partial charge in [0.1, 0.15) is 11.5 Å². The summed E-state index contributed by atoms with van der Waals surface area (Å²) in [7, 11) is 0. The van der Waals surface area contributed by atoms with E-state index in [-0.39, 0.29) is 17.2 Å². The van der Waals surface area contributed by atoms with E-state index in [4.69, 9.17) is 11.5 Å². The van der Waals surface area contributed by atoms with E-state index in [1.165, 1.54) is 0 Å². The molecule has 0 fully saturated rings. The maximum absolute atomic E-state index is 13.8. The summed E-state index contributed by atoms with van der Waals surface area (Å²) < 4.78 is 51.3. The van der Waals surface area contributed by atoms with Gasteiger partial charge in [0.25, 0.3) is 0 Å². The fourth-order valence-electron chi connectivity index (χ4n) is 1.91. The zero-order valence-electron chi connectivity index (χ0n) is 11.3. The minimum absolute atomic E-state index is 0.224. The van der Waals surface area contributed by atoms with Crippen molar-refractivity contribution in [3.8, 4) is 0 Å². The third kappa shape index (κ3) is 3.44. The van der Waals surface area contributed by atoms with Crippen molar-refractivity contribution in [3.05, 3.63) is 51.0 Å². The van der Waals surface area contributed by atoms with Gasteiger partial charge in [0.15, 0.2) is 0 Å². The zero-order chi connectivity index (χ0) is 17.4. The van der Waals surface area contributed by atoms with Crippen molar-refractivity contribution in [2.24, 2.45) is 0 Å². The van der Waals surface area contributed by atoms with Gasteiger partial charge in [-0.25, -0.2) is 9.37 Å². The van der Waals surface area contributed by atoms with Crippen LogP contribution in [0.1, 0.15) is 16.8 Å². The maximum atomic E-state index is 13.8. The Morgan fingerprint density at radius 2 is 1.87 bits per heavy atom. The summed E-state index contributed by atoms with van der Waals surface area (Å²) in [6, 6.07) is 1.84. The molecule has 0 atom stereocenters. The molecule has 1 aromatic carbocycles. The van der Waals surface area contributed by atoms with Gasteiger partial charge >= 0.3 is 11.9 Å². The van der Waals surface area contributed by atoms with Crippen molar-refractivity contribution in [2.45, 2.75) is 12.6 Å². The van der Waals surface area contributed by atoms with Gasteiger partial charge in [-0.05, 0) is 17.7 Å². The van der Waals surface area contributed by atoms with Crippen LogP contribution in [-0.2, 0) is 12.6 Å². The summed E-state index contributed by atoms with van der Waals surface area (Å²) in [5.41, 5.74) is 8.36. The van der Waals surface area contributed by atoms with Crippen molar-refractivity contribution in [1.82, 2.24) is 9.97 Å². The molecule has 11 heteroatoms. The number of hydrogen-bond acceptors (Lipinski definition) is 6. The molecule has 122 valence electrons. The molecule has 0 aliphatic heterocycles. The van der Waals surface area contributed by atoms with Crippen LogP contribution in [0, 0.1) is 15.9 Å². The Labute approximate surface area is 126 Å². The van der Waals surface area contributed by atoms with Gasteiger partial charge in [0.05, 0.1) is 10.5 Å². The first-order valence-electron chi connectivity index (χ1n) is 6.01. The molecule has 0 amide bonds. The van der Waals surface area contributed by atoms with Crippen molar-refractivity contribution < 1.29 is 22.5 Å². The Morgan fingerprint density at radius 3 is 2.39 bits per heavy atom. The lowest BCUT2D eigenvalue weighted by Crippen LogP contribution is -2.10. The van der Waals surface area contributed by atoms with Gasteiger partial charge in [-0.2, -0.15) is 18.2 Å². The van der Waals surface area contributed by atoms with Crippen LogP contribution in [0.2, 0.25) is 0 Å². The summed E-state index contributed by atoms with van der Waals surface area (Å²) in [5.74, 6) is -2.05. The molecule has 0 radical (unpaired) electrons. The number of nitro groups is 1. The Morgan fingerprint density at radius 1 is 1.22 bits per heavy atom. The molecule has 2 rings (SSSR count). The number of halogens is 4. The smallest absolute Gasteiger partial charge is 0.378 e. The fourth-order valence-corrected chi connectivity index (χ4v) is 1.91. The Kier molecular flexibility index (Phi) is 4.04. The highest BCUT2D eigenvalue weighted by molar-refractivity contribution is 5.58. The van der Waals surface area contributed by atoms with Crippen LogP contribution in [0.3, 0.4) is 0 Å². The lowest BCUT2D eigenvalue weighted by atomic mass is 10.0. The highest BCUT2D eigenvalue weighted by Crippen LogP contribution is 2.31. The van der Waals surface area contributed by atoms with Gasteiger partial charge < -0.3 is 11.5 Å². The van der Waals surface area contributed by atoms with Crippen LogP contribution in [-0.4, -0.2) is 14.9 Å². The van der Waals surface area contributed by atoms with Crippen LogP contribution in [0.5, 0.6) is 0 Å². The van der Waals surface area contributed by atoms with Crippen LogP contribution >= 0.6 is 0 Å². The summed E-state index contributed by atoms with van der Waals surface area (Å²) >= 11 is 0. The van der Waals surface area contributed by atoms with E-state index in [2.05, 4.69) is 9.97 Å². The van der Waals surface area contributed by atoms with E-state index in [0.29, 0.717) is 12.1 Å². The molecule has 0 unspecified atom stereocenters. The molecule has 4 N–H and O–H groups in total. The van der Waals surface area contributed by atoms with Crippen LogP contribution in [0.25, 0.3) is 0 Å². The van der Waals surface area contributed by atoms with Gasteiger partial charge in [-0.3, -0.25) is 10.1 Å². The molecule has 0 saturated carbocycles. The summed E-state index contributed by atoms with van der Waals surface area (Å²) in [6.45, 7) is 0. The van der Waals surface area contributed by atoms with Crippen molar-refractivity contribution >= 4 is 17.5 Å². The first-order valence-corrected chi connectivity index (χ1v) is 6.01. The number of nitrogen functional groups attached to an aromatic ring is 2. The predicted molar refractivity (Wildman–Crippen MR) is 71.7 cm³/mol. The summed E-state index contributed by atoms with van der Waals surface area (Å²) in [5, 5.41) is 11.0. The average Bonchev–Trinajstić information content (AvgIpc) is 2.38. The van der Waals surface area contributed by atoms with Gasteiger partial charge in [0.2, 0.25) is 11.8 Å². The van der Waals surface area contributed by atoms with Crippen molar-refractivity contribution in [3.63, 3.8) is 0 Å². The minimum Gasteiger partial charge on any atom is -0.378 e. The third-order valence-electron chi connectivity index (χ3n) is 2.92. The number of benzene rings is 1. The summed E-state index contributed by atoms with van der Waals surface area (Å²) in [6.07, 6.45) is -5.16. The maximum Gasteiger partial charge on any atom is 0.416 e. The molecular formula is C12H9F4N5O2. The van der Waals surface area contributed by atoms with Crippen LogP contribution in [0.4, 0.5) is 35.0 Å². The largest absolute Gasteiger partial charge is 0.416 e. The molecule has 2 aromatic rings. The van der Waals surface area contributed by atoms with E-state index < -0.39 is 40.4 Å². The molecule has 0 spiro atoms. The van der Waals surface area contributed by atoms with Crippen molar-refractivity contribution in [2.75, 3.05) is 11.5 Å². The second kappa shape index (κ2) is 5.66.